The molecule has 1 aliphatic heterocycles. The topological polar surface area (TPSA) is 30.5 Å². The number of nitrogens with one attached hydrogen (secondary N) is 1. The van der Waals surface area contributed by atoms with Crippen LogP contribution in [0.2, 0.25) is 0 Å². The fraction of sp³-hybridized carbons (Fsp3) is 0.667. The number of rotatable bonds is 8. The quantitative estimate of drug-likeness (QED) is 0.794. The second kappa shape index (κ2) is 7.81. The molecule has 118 valence electrons. The second-order valence-electron chi connectivity index (χ2n) is 6.16. The van der Waals surface area contributed by atoms with Crippen LogP contribution in [0.5, 0.6) is 5.75 Å². The van der Waals surface area contributed by atoms with Gasteiger partial charge in [-0.1, -0.05) is 19.1 Å². The molecule has 2 atom stereocenters. The lowest BCUT2D eigenvalue weighted by atomic mass is 9.88. The predicted octanol–water partition coefficient (Wildman–Crippen LogP) is 3.57. The molecule has 0 amide bonds. The summed E-state index contributed by atoms with van der Waals surface area (Å²) in [6.45, 7) is 6.45. The fourth-order valence-electron chi connectivity index (χ4n) is 3.12. The first kappa shape index (κ1) is 16.3. The van der Waals surface area contributed by atoms with E-state index in [0.29, 0.717) is 6.04 Å². The molecule has 1 fully saturated rings. The highest BCUT2D eigenvalue weighted by Crippen LogP contribution is 2.31. The number of benzene rings is 1. The second-order valence-corrected chi connectivity index (χ2v) is 6.16. The van der Waals surface area contributed by atoms with Gasteiger partial charge < -0.3 is 14.8 Å². The van der Waals surface area contributed by atoms with E-state index in [1.165, 1.54) is 12.0 Å². The van der Waals surface area contributed by atoms with Crippen molar-refractivity contribution in [2.24, 2.45) is 0 Å². The van der Waals surface area contributed by atoms with Crippen LogP contribution in [0.25, 0.3) is 0 Å². The van der Waals surface area contributed by atoms with Crippen LogP contribution in [0.15, 0.2) is 24.3 Å². The lowest BCUT2D eigenvalue weighted by Gasteiger charge is -2.34. The minimum Gasteiger partial charge on any atom is -0.497 e. The molecule has 2 unspecified atom stereocenters. The summed E-state index contributed by atoms with van der Waals surface area (Å²) in [7, 11) is 1.71. The van der Waals surface area contributed by atoms with Crippen LogP contribution in [0.4, 0.5) is 0 Å². The molecule has 3 nitrogen and oxygen atoms in total. The van der Waals surface area contributed by atoms with Crippen molar-refractivity contribution in [2.45, 2.75) is 57.6 Å². The molecule has 0 spiro atoms. The average Bonchev–Trinajstić information content (AvgIpc) is 2.95. The van der Waals surface area contributed by atoms with E-state index in [0.717, 1.165) is 44.6 Å². The molecule has 0 radical (unpaired) electrons. The molecule has 1 saturated heterocycles. The highest BCUT2D eigenvalue weighted by Gasteiger charge is 2.37. The molecule has 1 aromatic carbocycles. The average molecular weight is 291 g/mol. The maximum atomic E-state index is 6.04. The Labute approximate surface area is 129 Å². The van der Waals surface area contributed by atoms with Gasteiger partial charge in [-0.3, -0.25) is 0 Å². The Morgan fingerprint density at radius 1 is 1.33 bits per heavy atom. The summed E-state index contributed by atoms with van der Waals surface area (Å²) in [5.74, 6) is 0.922. The number of hydrogen-bond acceptors (Lipinski definition) is 3. The molecule has 1 heterocycles. The molecule has 1 aliphatic rings. The summed E-state index contributed by atoms with van der Waals surface area (Å²) < 4.78 is 11.3. The Morgan fingerprint density at radius 2 is 2.10 bits per heavy atom. The van der Waals surface area contributed by atoms with E-state index in [9.17, 15) is 0 Å². The third-order valence-corrected chi connectivity index (χ3v) is 4.51. The molecule has 3 heteroatoms. The third-order valence-electron chi connectivity index (χ3n) is 4.51. The molecular formula is C18H29NO2. The molecule has 0 aliphatic carbocycles. The zero-order chi connectivity index (χ0) is 15.1. The standard InChI is InChI=1S/C18H29NO2/c1-4-13-19-17(18(2)12-5-14-21-18)11-8-15-6-9-16(20-3)10-7-15/h6-7,9-10,17,19H,4-5,8,11-14H2,1-3H3. The van der Waals surface area contributed by atoms with Crippen molar-refractivity contribution >= 4 is 0 Å². The van der Waals surface area contributed by atoms with Crippen molar-refractivity contribution in [1.29, 1.82) is 0 Å². The van der Waals surface area contributed by atoms with Crippen LogP contribution in [0.3, 0.4) is 0 Å². The Kier molecular flexibility index (Phi) is 6.07. The molecule has 0 aromatic heterocycles. The van der Waals surface area contributed by atoms with Crippen molar-refractivity contribution < 1.29 is 9.47 Å². The third kappa shape index (κ3) is 4.45. The molecule has 1 aromatic rings. The van der Waals surface area contributed by atoms with Gasteiger partial charge in [-0.25, -0.2) is 0 Å². The van der Waals surface area contributed by atoms with Gasteiger partial charge in [0.05, 0.1) is 12.7 Å². The Hall–Kier alpha value is -1.06. The van der Waals surface area contributed by atoms with Gasteiger partial charge in [-0.2, -0.15) is 0 Å². The number of hydrogen-bond donors (Lipinski definition) is 1. The highest BCUT2D eigenvalue weighted by molar-refractivity contribution is 5.27. The molecule has 21 heavy (non-hydrogen) atoms. The number of methoxy groups -OCH3 is 1. The van der Waals surface area contributed by atoms with Crippen molar-refractivity contribution in [1.82, 2.24) is 5.32 Å². The Bertz CT molecular complexity index is 410. The van der Waals surface area contributed by atoms with Gasteiger partial charge in [-0.05, 0) is 63.3 Å². The van der Waals surface area contributed by atoms with Crippen LogP contribution >= 0.6 is 0 Å². The number of aryl methyl sites for hydroxylation is 1. The van der Waals surface area contributed by atoms with E-state index in [1.807, 2.05) is 12.1 Å². The molecule has 0 saturated carbocycles. The Balaban J connectivity index is 1.94. The molecule has 1 N–H and O–H groups in total. The lowest BCUT2D eigenvalue weighted by molar-refractivity contribution is -0.0137. The van der Waals surface area contributed by atoms with Crippen LogP contribution in [0.1, 0.15) is 45.1 Å². The minimum absolute atomic E-state index is 0.00163. The van der Waals surface area contributed by atoms with Crippen LogP contribution < -0.4 is 10.1 Å². The lowest BCUT2D eigenvalue weighted by Crippen LogP contribution is -2.49. The first-order valence-electron chi connectivity index (χ1n) is 8.18. The minimum atomic E-state index is 0.00163. The maximum absolute atomic E-state index is 6.04. The fourth-order valence-corrected chi connectivity index (χ4v) is 3.12. The van der Waals surface area contributed by atoms with E-state index in [2.05, 4.69) is 31.3 Å². The number of ether oxygens (including phenoxy) is 2. The van der Waals surface area contributed by atoms with Gasteiger partial charge >= 0.3 is 0 Å². The first-order valence-corrected chi connectivity index (χ1v) is 8.18. The zero-order valence-electron chi connectivity index (χ0n) is 13.7. The summed E-state index contributed by atoms with van der Waals surface area (Å²) in [6, 6.07) is 8.83. The van der Waals surface area contributed by atoms with Crippen LogP contribution in [-0.2, 0) is 11.2 Å². The van der Waals surface area contributed by atoms with Crippen molar-refractivity contribution in [3.8, 4) is 5.75 Å². The highest BCUT2D eigenvalue weighted by atomic mass is 16.5. The van der Waals surface area contributed by atoms with Gasteiger partial charge in [-0.15, -0.1) is 0 Å². The van der Waals surface area contributed by atoms with E-state index in [4.69, 9.17) is 9.47 Å². The van der Waals surface area contributed by atoms with E-state index >= 15 is 0 Å². The van der Waals surface area contributed by atoms with E-state index in [1.54, 1.807) is 7.11 Å². The summed E-state index contributed by atoms with van der Waals surface area (Å²) in [4.78, 5) is 0. The van der Waals surface area contributed by atoms with Gasteiger partial charge in [0.25, 0.3) is 0 Å². The van der Waals surface area contributed by atoms with Gasteiger partial charge in [0.2, 0.25) is 0 Å². The van der Waals surface area contributed by atoms with Gasteiger partial charge in [0.1, 0.15) is 5.75 Å². The van der Waals surface area contributed by atoms with Crippen LogP contribution in [-0.4, -0.2) is 31.9 Å². The van der Waals surface area contributed by atoms with Gasteiger partial charge in [0.15, 0.2) is 0 Å². The SMILES string of the molecule is CCCNC(CCc1ccc(OC)cc1)C1(C)CCCO1. The predicted molar refractivity (Wildman–Crippen MR) is 87.0 cm³/mol. The van der Waals surface area contributed by atoms with Crippen molar-refractivity contribution in [2.75, 3.05) is 20.3 Å². The molecular weight excluding hydrogens is 262 g/mol. The van der Waals surface area contributed by atoms with E-state index < -0.39 is 0 Å². The van der Waals surface area contributed by atoms with Crippen molar-refractivity contribution in [3.05, 3.63) is 29.8 Å². The van der Waals surface area contributed by atoms with Crippen LogP contribution in [0, 0.1) is 0 Å². The molecule has 0 bridgehead atoms. The molecule has 2 rings (SSSR count). The Morgan fingerprint density at radius 3 is 2.67 bits per heavy atom. The van der Waals surface area contributed by atoms with Crippen molar-refractivity contribution in [3.63, 3.8) is 0 Å². The maximum Gasteiger partial charge on any atom is 0.118 e. The smallest absolute Gasteiger partial charge is 0.118 e. The zero-order valence-corrected chi connectivity index (χ0v) is 13.7. The van der Waals surface area contributed by atoms with E-state index in [-0.39, 0.29) is 5.60 Å². The normalized spacial score (nSPS) is 23.2. The summed E-state index contributed by atoms with van der Waals surface area (Å²) in [5.41, 5.74) is 1.36. The summed E-state index contributed by atoms with van der Waals surface area (Å²) in [5, 5.41) is 3.69. The van der Waals surface area contributed by atoms with Gasteiger partial charge in [0, 0.05) is 12.6 Å². The summed E-state index contributed by atoms with van der Waals surface area (Å²) in [6.07, 6.45) is 5.70. The summed E-state index contributed by atoms with van der Waals surface area (Å²) >= 11 is 0. The first-order chi connectivity index (χ1) is 10.2. The largest absolute Gasteiger partial charge is 0.497 e. The monoisotopic (exact) mass is 291 g/mol.